The third kappa shape index (κ3) is 5.19. The summed E-state index contributed by atoms with van der Waals surface area (Å²) in [7, 11) is 1.61. The fourth-order valence-electron chi connectivity index (χ4n) is 2.11. The molecule has 0 spiro atoms. The van der Waals surface area contributed by atoms with Gasteiger partial charge in [0.25, 0.3) is 5.91 Å². The summed E-state index contributed by atoms with van der Waals surface area (Å²) >= 11 is 0. The van der Waals surface area contributed by atoms with Crippen molar-refractivity contribution in [2.45, 2.75) is 20.0 Å². The lowest BCUT2D eigenvalue weighted by atomic mass is 10.2. The number of hydrogen-bond donors (Lipinski definition) is 1. The van der Waals surface area contributed by atoms with Gasteiger partial charge in [-0.15, -0.1) is 0 Å². The second-order valence-electron chi connectivity index (χ2n) is 5.34. The van der Waals surface area contributed by atoms with E-state index in [2.05, 4.69) is 5.32 Å². The van der Waals surface area contributed by atoms with Crippen LogP contribution in [0.25, 0.3) is 0 Å². The second-order valence-corrected chi connectivity index (χ2v) is 5.34. The maximum Gasteiger partial charge on any atom is 0.260 e. The van der Waals surface area contributed by atoms with Gasteiger partial charge < -0.3 is 19.5 Å². The summed E-state index contributed by atoms with van der Waals surface area (Å²) in [6.45, 7) is 4.44. The van der Waals surface area contributed by atoms with Crippen LogP contribution >= 0.6 is 0 Å². The average molecular weight is 329 g/mol. The number of ether oxygens (including phenoxy) is 3. The van der Waals surface area contributed by atoms with E-state index in [1.807, 2.05) is 49.4 Å². The first-order valence-electron chi connectivity index (χ1n) is 7.87. The van der Waals surface area contributed by atoms with Gasteiger partial charge in [0, 0.05) is 6.07 Å². The number of carbonyl (C=O) groups excluding carboxylic acids is 1. The van der Waals surface area contributed by atoms with E-state index >= 15 is 0 Å². The highest BCUT2D eigenvalue weighted by Crippen LogP contribution is 2.19. The van der Waals surface area contributed by atoms with Crippen LogP contribution in [-0.4, -0.2) is 32.3 Å². The quantitative estimate of drug-likeness (QED) is 0.757. The van der Waals surface area contributed by atoms with Gasteiger partial charge in [-0.1, -0.05) is 24.3 Å². The van der Waals surface area contributed by atoms with Crippen molar-refractivity contribution in [2.75, 3.05) is 20.3 Å². The van der Waals surface area contributed by atoms with Gasteiger partial charge in [0.2, 0.25) is 0 Å². The van der Waals surface area contributed by atoms with E-state index in [1.165, 1.54) is 0 Å². The van der Waals surface area contributed by atoms with Gasteiger partial charge in [0.1, 0.15) is 23.9 Å². The number of amides is 1. The minimum absolute atomic E-state index is 0.174. The van der Waals surface area contributed by atoms with Crippen LogP contribution in [0.3, 0.4) is 0 Å². The molecule has 0 bridgehead atoms. The lowest BCUT2D eigenvalue weighted by molar-refractivity contribution is -0.127. The monoisotopic (exact) mass is 329 g/mol. The van der Waals surface area contributed by atoms with Gasteiger partial charge in [-0.05, 0) is 37.6 Å². The first-order valence-corrected chi connectivity index (χ1v) is 7.87. The highest BCUT2D eigenvalue weighted by molar-refractivity contribution is 5.80. The van der Waals surface area contributed by atoms with Crippen molar-refractivity contribution in [2.24, 2.45) is 0 Å². The normalized spacial score (nSPS) is 11.5. The highest BCUT2D eigenvalue weighted by Gasteiger charge is 2.14. The largest absolute Gasteiger partial charge is 0.497 e. The van der Waals surface area contributed by atoms with Crippen molar-refractivity contribution in [1.29, 1.82) is 0 Å². The molecular weight excluding hydrogens is 306 g/mol. The minimum atomic E-state index is -0.567. The molecule has 0 fully saturated rings. The molecule has 2 aromatic rings. The van der Waals surface area contributed by atoms with E-state index in [0.717, 1.165) is 11.3 Å². The van der Waals surface area contributed by atoms with Crippen molar-refractivity contribution in [3.8, 4) is 17.2 Å². The molecule has 1 unspecified atom stereocenters. The summed E-state index contributed by atoms with van der Waals surface area (Å²) in [5, 5.41) is 2.80. The predicted octanol–water partition coefficient (Wildman–Crippen LogP) is 2.97. The average Bonchev–Trinajstić information content (AvgIpc) is 2.60. The number of nitrogens with one attached hydrogen (secondary N) is 1. The number of rotatable bonds is 8. The first-order chi connectivity index (χ1) is 11.6. The summed E-state index contributed by atoms with van der Waals surface area (Å²) in [5.41, 5.74) is 0.999. The molecule has 0 heterocycles. The lowest BCUT2D eigenvalue weighted by Crippen LogP contribution is -2.38. The molecule has 0 saturated carbocycles. The molecule has 1 atom stereocenters. The Balaban J connectivity index is 1.73. The second kappa shape index (κ2) is 8.82. The van der Waals surface area contributed by atoms with Crippen molar-refractivity contribution in [3.63, 3.8) is 0 Å². The predicted molar refractivity (Wildman–Crippen MR) is 92.8 cm³/mol. The lowest BCUT2D eigenvalue weighted by Gasteiger charge is -2.16. The fourth-order valence-corrected chi connectivity index (χ4v) is 2.11. The molecule has 1 amide bonds. The Morgan fingerprint density at radius 2 is 1.88 bits per heavy atom. The summed E-state index contributed by atoms with van der Waals surface area (Å²) in [6.07, 6.45) is -0.567. The fraction of sp³-hybridized carbons (Fsp3) is 0.316. The molecule has 5 heteroatoms. The van der Waals surface area contributed by atoms with Crippen LogP contribution in [-0.2, 0) is 4.79 Å². The van der Waals surface area contributed by atoms with Crippen LogP contribution in [0.4, 0.5) is 0 Å². The topological polar surface area (TPSA) is 56.8 Å². The zero-order chi connectivity index (χ0) is 17.4. The minimum Gasteiger partial charge on any atom is -0.497 e. The van der Waals surface area contributed by atoms with Crippen LogP contribution in [0.2, 0.25) is 0 Å². The van der Waals surface area contributed by atoms with Gasteiger partial charge in [0.15, 0.2) is 6.10 Å². The third-order valence-electron chi connectivity index (χ3n) is 3.48. The molecule has 2 aromatic carbocycles. The van der Waals surface area contributed by atoms with Gasteiger partial charge in [-0.2, -0.15) is 0 Å². The highest BCUT2D eigenvalue weighted by atomic mass is 16.5. The van der Waals surface area contributed by atoms with Crippen LogP contribution in [0.15, 0.2) is 48.5 Å². The number of para-hydroxylation sites is 1. The molecule has 0 aliphatic carbocycles. The Hall–Kier alpha value is -2.69. The van der Waals surface area contributed by atoms with E-state index in [0.29, 0.717) is 24.7 Å². The van der Waals surface area contributed by atoms with Crippen molar-refractivity contribution in [1.82, 2.24) is 5.32 Å². The molecule has 128 valence electrons. The molecule has 2 rings (SSSR count). The summed E-state index contributed by atoms with van der Waals surface area (Å²) in [4.78, 5) is 12.1. The Morgan fingerprint density at radius 3 is 2.62 bits per heavy atom. The summed E-state index contributed by atoms with van der Waals surface area (Å²) < 4.78 is 16.4. The summed E-state index contributed by atoms with van der Waals surface area (Å²) in [6, 6.07) is 15.0. The van der Waals surface area contributed by atoms with E-state index < -0.39 is 6.10 Å². The molecule has 0 saturated heterocycles. The zero-order valence-corrected chi connectivity index (χ0v) is 14.2. The Labute approximate surface area is 142 Å². The van der Waals surface area contributed by atoms with Gasteiger partial charge in [-0.3, -0.25) is 4.79 Å². The molecule has 5 nitrogen and oxygen atoms in total. The Kier molecular flexibility index (Phi) is 6.49. The zero-order valence-electron chi connectivity index (χ0n) is 14.2. The molecule has 0 radical (unpaired) electrons. The number of hydrogen-bond acceptors (Lipinski definition) is 4. The smallest absolute Gasteiger partial charge is 0.260 e. The van der Waals surface area contributed by atoms with Gasteiger partial charge in [0.05, 0.1) is 13.7 Å². The Bertz CT molecular complexity index is 672. The van der Waals surface area contributed by atoms with Crippen molar-refractivity contribution >= 4 is 5.91 Å². The first kappa shape index (κ1) is 17.7. The molecule has 24 heavy (non-hydrogen) atoms. The third-order valence-corrected chi connectivity index (χ3v) is 3.48. The van der Waals surface area contributed by atoms with E-state index in [9.17, 15) is 4.79 Å². The number of carbonyl (C=O) groups is 1. The van der Waals surface area contributed by atoms with E-state index in [-0.39, 0.29) is 5.91 Å². The SMILES string of the molecule is COc1cccc(OCCNC(=O)C(C)Oc2ccccc2C)c1. The van der Waals surface area contributed by atoms with E-state index in [1.54, 1.807) is 20.1 Å². The van der Waals surface area contributed by atoms with Crippen LogP contribution in [0, 0.1) is 6.92 Å². The van der Waals surface area contributed by atoms with Crippen LogP contribution in [0.5, 0.6) is 17.2 Å². The number of benzene rings is 2. The molecule has 0 aromatic heterocycles. The van der Waals surface area contributed by atoms with Crippen LogP contribution < -0.4 is 19.5 Å². The molecular formula is C19H23NO4. The molecule has 0 aliphatic rings. The standard InChI is InChI=1S/C19H23NO4/c1-14-7-4-5-10-18(14)24-15(2)19(21)20-11-12-23-17-9-6-8-16(13-17)22-3/h4-10,13,15H,11-12H2,1-3H3,(H,20,21). The van der Waals surface area contributed by atoms with Crippen molar-refractivity contribution < 1.29 is 19.0 Å². The molecule has 0 aliphatic heterocycles. The Morgan fingerprint density at radius 1 is 1.12 bits per heavy atom. The maximum absolute atomic E-state index is 12.1. The number of methoxy groups -OCH3 is 1. The molecule has 1 N–H and O–H groups in total. The van der Waals surface area contributed by atoms with Gasteiger partial charge in [-0.25, -0.2) is 0 Å². The number of aryl methyl sites for hydroxylation is 1. The van der Waals surface area contributed by atoms with E-state index in [4.69, 9.17) is 14.2 Å². The summed E-state index contributed by atoms with van der Waals surface area (Å²) in [5.74, 6) is 1.98. The van der Waals surface area contributed by atoms with Crippen LogP contribution in [0.1, 0.15) is 12.5 Å². The van der Waals surface area contributed by atoms with Crippen molar-refractivity contribution in [3.05, 3.63) is 54.1 Å². The maximum atomic E-state index is 12.1. The van der Waals surface area contributed by atoms with Gasteiger partial charge >= 0.3 is 0 Å².